The molecule has 0 radical (unpaired) electrons. The largest absolute Gasteiger partial charge is 0.383 e. The van der Waals surface area contributed by atoms with Crippen molar-refractivity contribution in [3.8, 4) is 0 Å². The Kier molecular flexibility index (Phi) is 2.41. The van der Waals surface area contributed by atoms with E-state index >= 15 is 0 Å². The molecular formula is C10H16O3. The second kappa shape index (κ2) is 3.40. The molecule has 3 heteroatoms. The average Bonchev–Trinajstić information content (AvgIpc) is 2.14. The third-order valence-electron chi connectivity index (χ3n) is 2.67. The van der Waals surface area contributed by atoms with Crippen LogP contribution in [-0.2, 0) is 9.47 Å². The van der Waals surface area contributed by atoms with Gasteiger partial charge in [0, 0.05) is 6.42 Å². The van der Waals surface area contributed by atoms with Crippen LogP contribution in [0.4, 0.5) is 0 Å². The molecule has 2 rings (SSSR count). The van der Waals surface area contributed by atoms with E-state index in [0.29, 0.717) is 6.61 Å². The van der Waals surface area contributed by atoms with Crippen molar-refractivity contribution in [1.82, 2.24) is 0 Å². The monoisotopic (exact) mass is 184 g/mol. The Hall–Kier alpha value is -0.380. The van der Waals surface area contributed by atoms with Crippen molar-refractivity contribution in [3.05, 3.63) is 12.2 Å². The number of rotatable bonds is 0. The van der Waals surface area contributed by atoms with Crippen LogP contribution in [0.3, 0.4) is 0 Å². The van der Waals surface area contributed by atoms with Gasteiger partial charge in [-0.2, -0.15) is 0 Å². The smallest absolute Gasteiger partial charge is 0.198 e. The number of aliphatic hydroxyl groups excluding tert-OH is 1. The van der Waals surface area contributed by atoms with Gasteiger partial charge in [0.1, 0.15) is 6.10 Å². The minimum atomic E-state index is -0.744. The first kappa shape index (κ1) is 9.19. The zero-order chi connectivity index (χ0) is 9.31. The van der Waals surface area contributed by atoms with Gasteiger partial charge in [0.2, 0.25) is 0 Å². The predicted octanol–water partition coefficient (Wildman–Crippen LogP) is 1.22. The van der Waals surface area contributed by atoms with Crippen molar-refractivity contribution in [2.24, 2.45) is 0 Å². The number of hydrogen-bond donors (Lipinski definition) is 1. The van der Waals surface area contributed by atoms with E-state index in [1.807, 2.05) is 13.0 Å². The van der Waals surface area contributed by atoms with Crippen LogP contribution in [0.2, 0.25) is 0 Å². The third kappa shape index (κ3) is 1.64. The van der Waals surface area contributed by atoms with E-state index in [1.54, 1.807) is 6.08 Å². The van der Waals surface area contributed by atoms with Crippen molar-refractivity contribution in [2.45, 2.75) is 44.2 Å². The van der Waals surface area contributed by atoms with Gasteiger partial charge in [-0.25, -0.2) is 0 Å². The maximum absolute atomic E-state index is 9.77. The molecule has 1 spiro atoms. The summed E-state index contributed by atoms with van der Waals surface area (Å²) in [6.45, 7) is 2.65. The molecule has 13 heavy (non-hydrogen) atoms. The zero-order valence-corrected chi connectivity index (χ0v) is 7.90. The molecule has 2 aliphatic rings. The fourth-order valence-corrected chi connectivity index (χ4v) is 1.95. The first-order valence-corrected chi connectivity index (χ1v) is 4.91. The molecule has 1 saturated heterocycles. The quantitative estimate of drug-likeness (QED) is 0.575. The lowest BCUT2D eigenvalue weighted by atomic mass is 9.97. The summed E-state index contributed by atoms with van der Waals surface area (Å²) in [5.74, 6) is -0.744. The molecule has 0 aromatic carbocycles. The highest BCUT2D eigenvalue weighted by Crippen LogP contribution is 2.34. The molecular weight excluding hydrogens is 168 g/mol. The summed E-state index contributed by atoms with van der Waals surface area (Å²) in [6.07, 6.45) is 6.01. The Balaban J connectivity index is 2.15. The summed E-state index contributed by atoms with van der Waals surface area (Å²) in [4.78, 5) is 0. The molecule has 0 saturated carbocycles. The maximum Gasteiger partial charge on any atom is 0.198 e. The molecule has 2 aliphatic heterocycles. The molecule has 0 aliphatic carbocycles. The summed E-state index contributed by atoms with van der Waals surface area (Å²) in [5.41, 5.74) is 0. The van der Waals surface area contributed by atoms with E-state index in [9.17, 15) is 5.11 Å². The third-order valence-corrected chi connectivity index (χ3v) is 2.67. The first-order chi connectivity index (χ1) is 6.23. The Morgan fingerprint density at radius 1 is 1.38 bits per heavy atom. The molecule has 1 N–H and O–H groups in total. The van der Waals surface area contributed by atoms with Gasteiger partial charge in [0.15, 0.2) is 5.79 Å². The van der Waals surface area contributed by atoms with E-state index in [-0.39, 0.29) is 6.10 Å². The van der Waals surface area contributed by atoms with Gasteiger partial charge in [-0.05, 0) is 19.8 Å². The standard InChI is InChI=1S/C10H16O3/c1-8-4-5-9(11)10(13-8)6-2-3-7-12-10/h4-5,8-9,11H,2-3,6-7H2,1H3/t8-,9+,10-/m1/s1. The van der Waals surface area contributed by atoms with Crippen LogP contribution in [0.25, 0.3) is 0 Å². The second-order valence-electron chi connectivity index (χ2n) is 3.77. The highest BCUT2D eigenvalue weighted by Gasteiger charge is 2.43. The van der Waals surface area contributed by atoms with Gasteiger partial charge in [-0.3, -0.25) is 0 Å². The van der Waals surface area contributed by atoms with Crippen molar-refractivity contribution < 1.29 is 14.6 Å². The molecule has 0 unspecified atom stereocenters. The van der Waals surface area contributed by atoms with Crippen LogP contribution >= 0.6 is 0 Å². The molecule has 2 heterocycles. The minimum Gasteiger partial charge on any atom is -0.383 e. The molecule has 0 amide bonds. The summed E-state index contributed by atoms with van der Waals surface area (Å²) >= 11 is 0. The molecule has 1 fully saturated rings. The van der Waals surface area contributed by atoms with Crippen LogP contribution in [0.15, 0.2) is 12.2 Å². The molecule has 0 aromatic heterocycles. The first-order valence-electron chi connectivity index (χ1n) is 4.91. The van der Waals surface area contributed by atoms with Crippen LogP contribution < -0.4 is 0 Å². The summed E-state index contributed by atoms with van der Waals surface area (Å²) in [7, 11) is 0. The highest BCUT2D eigenvalue weighted by molar-refractivity contribution is 5.05. The van der Waals surface area contributed by atoms with Crippen molar-refractivity contribution in [3.63, 3.8) is 0 Å². The lowest BCUT2D eigenvalue weighted by Gasteiger charge is -2.43. The molecule has 3 atom stereocenters. The van der Waals surface area contributed by atoms with Crippen LogP contribution in [0, 0.1) is 0 Å². The van der Waals surface area contributed by atoms with Crippen LogP contribution in [0.1, 0.15) is 26.2 Å². The van der Waals surface area contributed by atoms with E-state index in [2.05, 4.69) is 0 Å². The number of hydrogen-bond acceptors (Lipinski definition) is 3. The Bertz CT molecular complexity index is 206. The van der Waals surface area contributed by atoms with E-state index in [4.69, 9.17) is 9.47 Å². The van der Waals surface area contributed by atoms with Gasteiger partial charge < -0.3 is 14.6 Å². The molecule has 0 bridgehead atoms. The van der Waals surface area contributed by atoms with E-state index in [0.717, 1.165) is 19.3 Å². The van der Waals surface area contributed by atoms with Crippen molar-refractivity contribution in [2.75, 3.05) is 6.61 Å². The Morgan fingerprint density at radius 3 is 2.92 bits per heavy atom. The van der Waals surface area contributed by atoms with Crippen LogP contribution in [-0.4, -0.2) is 29.7 Å². The molecule has 0 aromatic rings. The molecule has 3 nitrogen and oxygen atoms in total. The van der Waals surface area contributed by atoms with Gasteiger partial charge in [-0.15, -0.1) is 0 Å². The maximum atomic E-state index is 9.77. The lowest BCUT2D eigenvalue weighted by molar-refractivity contribution is -0.303. The van der Waals surface area contributed by atoms with Crippen molar-refractivity contribution in [1.29, 1.82) is 0 Å². The Labute approximate surface area is 78.3 Å². The average molecular weight is 184 g/mol. The number of aliphatic hydroxyl groups is 1. The number of ether oxygens (including phenoxy) is 2. The fourth-order valence-electron chi connectivity index (χ4n) is 1.95. The van der Waals surface area contributed by atoms with E-state index in [1.165, 1.54) is 0 Å². The van der Waals surface area contributed by atoms with Gasteiger partial charge in [-0.1, -0.05) is 12.2 Å². The van der Waals surface area contributed by atoms with Crippen molar-refractivity contribution >= 4 is 0 Å². The normalized spacial score (nSPS) is 45.4. The second-order valence-corrected chi connectivity index (χ2v) is 3.77. The van der Waals surface area contributed by atoms with Gasteiger partial charge in [0.05, 0.1) is 12.7 Å². The fraction of sp³-hybridized carbons (Fsp3) is 0.800. The zero-order valence-electron chi connectivity index (χ0n) is 7.90. The van der Waals surface area contributed by atoms with E-state index < -0.39 is 11.9 Å². The van der Waals surface area contributed by atoms with Crippen LogP contribution in [0.5, 0.6) is 0 Å². The van der Waals surface area contributed by atoms with Gasteiger partial charge in [0.25, 0.3) is 0 Å². The highest BCUT2D eigenvalue weighted by atomic mass is 16.7. The Morgan fingerprint density at radius 2 is 2.23 bits per heavy atom. The lowest BCUT2D eigenvalue weighted by Crippen LogP contribution is -2.52. The molecule has 74 valence electrons. The minimum absolute atomic E-state index is 0.0431. The summed E-state index contributed by atoms with van der Waals surface area (Å²) in [6, 6.07) is 0. The SMILES string of the molecule is C[C@@H]1C=C[C@H](O)[C@@]2(CCCCO2)O1. The van der Waals surface area contributed by atoms with Gasteiger partial charge >= 0.3 is 0 Å². The summed E-state index contributed by atoms with van der Waals surface area (Å²) < 4.78 is 11.2. The summed E-state index contributed by atoms with van der Waals surface area (Å²) in [5, 5.41) is 9.77. The predicted molar refractivity (Wildman–Crippen MR) is 48.2 cm³/mol. The topological polar surface area (TPSA) is 38.7 Å².